The molecule has 3 heterocycles. The monoisotopic (exact) mass is 477 g/mol. The molecule has 9 nitrogen and oxygen atoms in total. The standard InChI is InChI=1S/C24H23N5O4S/c1-34(32,33)16-6-7-29-19(13-25-20(29)8-16)23(31)26-15-11-24(12-15)9-14(10-24)21-17-4-2-3-5-18(17)22(30)28-27-21/h2-8,13-15H,9-12H2,1H3,(H,26,31)(H,28,30)/t14-,15-,24?. The predicted molar refractivity (Wildman–Crippen MR) is 126 cm³/mol. The van der Waals surface area contributed by atoms with E-state index in [0.717, 1.165) is 43.0 Å². The van der Waals surface area contributed by atoms with Gasteiger partial charge >= 0.3 is 0 Å². The number of aromatic amines is 1. The summed E-state index contributed by atoms with van der Waals surface area (Å²) >= 11 is 0. The van der Waals surface area contributed by atoms with E-state index in [1.165, 1.54) is 18.3 Å². The number of carbonyl (C=O) groups is 1. The van der Waals surface area contributed by atoms with Gasteiger partial charge in [-0.05, 0) is 43.2 Å². The zero-order chi connectivity index (χ0) is 23.7. The number of pyridine rings is 1. The van der Waals surface area contributed by atoms with Crippen LogP contribution in [-0.2, 0) is 9.84 Å². The van der Waals surface area contributed by atoms with Crippen LogP contribution >= 0.6 is 0 Å². The molecule has 3 aromatic heterocycles. The lowest BCUT2D eigenvalue weighted by Crippen LogP contribution is -2.55. The maximum absolute atomic E-state index is 12.9. The highest BCUT2D eigenvalue weighted by molar-refractivity contribution is 7.90. The largest absolute Gasteiger partial charge is 0.348 e. The Bertz CT molecular complexity index is 1620. The van der Waals surface area contributed by atoms with Crippen molar-refractivity contribution in [3.05, 3.63) is 70.5 Å². The minimum atomic E-state index is -3.34. The van der Waals surface area contributed by atoms with E-state index in [1.807, 2.05) is 24.3 Å². The number of rotatable bonds is 4. The first-order chi connectivity index (χ1) is 16.2. The van der Waals surface area contributed by atoms with Crippen molar-refractivity contribution in [3.8, 4) is 0 Å². The average Bonchev–Trinajstić information content (AvgIpc) is 3.18. The summed E-state index contributed by atoms with van der Waals surface area (Å²) in [7, 11) is -3.34. The third-order valence-corrected chi connectivity index (χ3v) is 8.42. The lowest BCUT2D eigenvalue weighted by Gasteiger charge is -2.57. The van der Waals surface area contributed by atoms with E-state index in [0.29, 0.717) is 22.6 Å². The van der Waals surface area contributed by atoms with Gasteiger partial charge in [-0.1, -0.05) is 18.2 Å². The minimum absolute atomic E-state index is 0.0922. The molecule has 174 valence electrons. The molecule has 2 aliphatic carbocycles. The summed E-state index contributed by atoms with van der Waals surface area (Å²) in [4.78, 5) is 29.3. The molecule has 0 unspecified atom stereocenters. The quantitative estimate of drug-likeness (QED) is 0.465. The fraction of sp³-hybridized carbons (Fsp3) is 0.333. The fourth-order valence-corrected chi connectivity index (χ4v) is 6.29. The summed E-state index contributed by atoms with van der Waals surface area (Å²) in [6.07, 6.45) is 7.98. The van der Waals surface area contributed by atoms with Crippen molar-refractivity contribution in [2.24, 2.45) is 5.41 Å². The van der Waals surface area contributed by atoms with Gasteiger partial charge in [-0.15, -0.1) is 0 Å². The maximum Gasteiger partial charge on any atom is 0.272 e. The van der Waals surface area contributed by atoms with E-state index in [4.69, 9.17) is 0 Å². The van der Waals surface area contributed by atoms with Crippen molar-refractivity contribution in [3.63, 3.8) is 0 Å². The molecule has 2 saturated carbocycles. The molecule has 10 heteroatoms. The average molecular weight is 478 g/mol. The van der Waals surface area contributed by atoms with Crippen molar-refractivity contribution >= 4 is 32.2 Å². The van der Waals surface area contributed by atoms with Gasteiger partial charge < -0.3 is 5.32 Å². The summed E-state index contributed by atoms with van der Waals surface area (Å²) < 4.78 is 25.1. The van der Waals surface area contributed by atoms with Gasteiger partial charge in [-0.25, -0.2) is 18.5 Å². The molecule has 6 rings (SSSR count). The van der Waals surface area contributed by atoms with Gasteiger partial charge in [0.2, 0.25) is 0 Å². The smallest absolute Gasteiger partial charge is 0.272 e. The predicted octanol–water partition coefficient (Wildman–Crippen LogP) is 2.43. The lowest BCUT2D eigenvalue weighted by atomic mass is 9.49. The number of amides is 1. The minimum Gasteiger partial charge on any atom is -0.348 e. The van der Waals surface area contributed by atoms with E-state index in [-0.39, 0.29) is 27.8 Å². The molecule has 2 fully saturated rings. The van der Waals surface area contributed by atoms with E-state index >= 15 is 0 Å². The highest BCUT2D eigenvalue weighted by Gasteiger charge is 2.54. The lowest BCUT2D eigenvalue weighted by molar-refractivity contribution is -0.0197. The third kappa shape index (κ3) is 3.32. The zero-order valence-corrected chi connectivity index (χ0v) is 19.3. The van der Waals surface area contributed by atoms with Crippen LogP contribution in [0.5, 0.6) is 0 Å². The Balaban J connectivity index is 1.11. The van der Waals surface area contributed by atoms with Crippen LogP contribution in [0.4, 0.5) is 0 Å². The van der Waals surface area contributed by atoms with Gasteiger partial charge in [-0.2, -0.15) is 5.10 Å². The molecule has 1 amide bonds. The van der Waals surface area contributed by atoms with Crippen molar-refractivity contribution in [2.45, 2.75) is 42.5 Å². The van der Waals surface area contributed by atoms with Crippen LogP contribution in [0.1, 0.15) is 47.8 Å². The Morgan fingerprint density at radius 1 is 1.15 bits per heavy atom. The molecule has 2 aliphatic rings. The Morgan fingerprint density at radius 2 is 1.88 bits per heavy atom. The fourth-order valence-electron chi connectivity index (χ4n) is 5.67. The number of benzene rings is 1. The highest BCUT2D eigenvalue weighted by Crippen LogP contribution is 2.62. The van der Waals surface area contributed by atoms with Crippen LogP contribution in [-0.4, -0.2) is 46.2 Å². The van der Waals surface area contributed by atoms with Gasteiger partial charge in [0.1, 0.15) is 11.3 Å². The molecule has 1 aromatic carbocycles. The number of fused-ring (bicyclic) bond motifs is 2. The molecule has 0 bridgehead atoms. The van der Waals surface area contributed by atoms with Crippen molar-refractivity contribution < 1.29 is 13.2 Å². The second-order valence-electron chi connectivity index (χ2n) is 9.67. The van der Waals surface area contributed by atoms with Crippen LogP contribution in [0, 0.1) is 5.41 Å². The molecular weight excluding hydrogens is 454 g/mol. The Hall–Kier alpha value is -3.53. The van der Waals surface area contributed by atoms with Crippen LogP contribution in [0.2, 0.25) is 0 Å². The van der Waals surface area contributed by atoms with E-state index < -0.39 is 9.84 Å². The number of imidazole rings is 1. The normalized spacial score (nSPS) is 24.1. The molecule has 4 aromatic rings. The number of sulfone groups is 1. The number of H-pyrrole nitrogens is 1. The number of nitrogens with one attached hydrogen (secondary N) is 2. The number of hydrogen-bond donors (Lipinski definition) is 2. The number of hydrogen-bond acceptors (Lipinski definition) is 6. The molecule has 34 heavy (non-hydrogen) atoms. The summed E-state index contributed by atoms with van der Waals surface area (Å²) in [5, 5.41) is 11.7. The first-order valence-corrected chi connectivity index (χ1v) is 13.1. The summed E-state index contributed by atoms with van der Waals surface area (Å²) in [5.41, 5.74) is 1.80. The van der Waals surface area contributed by atoms with Gasteiger partial charge in [0.15, 0.2) is 9.84 Å². The van der Waals surface area contributed by atoms with E-state index in [2.05, 4.69) is 20.5 Å². The Kier molecular flexibility index (Phi) is 4.47. The number of carbonyl (C=O) groups excluding carboxylic acids is 1. The van der Waals surface area contributed by atoms with E-state index in [1.54, 1.807) is 10.6 Å². The van der Waals surface area contributed by atoms with Crippen molar-refractivity contribution in [1.82, 2.24) is 24.9 Å². The number of nitrogens with zero attached hydrogens (tertiary/aromatic N) is 3. The number of aromatic nitrogens is 4. The summed E-state index contributed by atoms with van der Waals surface area (Å²) in [5.74, 6) is 0.0878. The molecular formula is C24H23N5O4S. The second-order valence-corrected chi connectivity index (χ2v) is 11.7. The molecule has 0 saturated heterocycles. The topological polar surface area (TPSA) is 126 Å². The van der Waals surface area contributed by atoms with Crippen molar-refractivity contribution in [1.29, 1.82) is 0 Å². The zero-order valence-electron chi connectivity index (χ0n) is 18.5. The summed E-state index contributed by atoms with van der Waals surface area (Å²) in [6, 6.07) is 10.6. The molecule has 0 radical (unpaired) electrons. The van der Waals surface area contributed by atoms with Gasteiger partial charge in [0.05, 0.1) is 22.2 Å². The van der Waals surface area contributed by atoms with Gasteiger partial charge in [-0.3, -0.25) is 14.0 Å². The summed E-state index contributed by atoms with van der Waals surface area (Å²) in [6.45, 7) is 0. The molecule has 0 aliphatic heterocycles. The SMILES string of the molecule is CS(=O)(=O)c1ccn2c(C(=O)N[C@H]3CC4(C3)C[C@H](c3n[nH]c(=O)c5ccccc53)C4)cnc2c1. The molecule has 1 spiro atoms. The highest BCUT2D eigenvalue weighted by atomic mass is 32.2. The Morgan fingerprint density at radius 3 is 2.62 bits per heavy atom. The van der Waals surface area contributed by atoms with E-state index in [9.17, 15) is 18.0 Å². The van der Waals surface area contributed by atoms with Crippen LogP contribution < -0.4 is 10.9 Å². The molecule has 2 N–H and O–H groups in total. The van der Waals surface area contributed by atoms with Gasteiger partial charge in [0.25, 0.3) is 11.5 Å². The second kappa shape index (κ2) is 7.23. The first-order valence-electron chi connectivity index (χ1n) is 11.2. The Labute approximate surface area is 195 Å². The van der Waals surface area contributed by atoms with Crippen LogP contribution in [0.3, 0.4) is 0 Å². The first kappa shape index (κ1) is 21.0. The molecule has 0 atom stereocenters. The maximum atomic E-state index is 12.9. The van der Waals surface area contributed by atoms with Crippen LogP contribution in [0.15, 0.2) is 58.5 Å². The third-order valence-electron chi connectivity index (χ3n) is 7.31. The van der Waals surface area contributed by atoms with Crippen LogP contribution in [0.25, 0.3) is 16.4 Å². The van der Waals surface area contributed by atoms with Crippen molar-refractivity contribution in [2.75, 3.05) is 6.26 Å². The van der Waals surface area contributed by atoms with Gasteiger partial charge in [0, 0.05) is 35.9 Å².